The minimum absolute atomic E-state index is 0. The number of hydrogen-bond acceptors (Lipinski definition) is 3. The number of halogens is 3. The minimum Gasteiger partial charge on any atom is -0.311 e. The molecule has 1 aliphatic heterocycles. The predicted octanol–water partition coefficient (Wildman–Crippen LogP) is 2.79. The first-order valence-corrected chi connectivity index (χ1v) is 8.24. The van der Waals surface area contributed by atoms with Crippen molar-refractivity contribution < 1.29 is 8.42 Å². The van der Waals surface area contributed by atoms with Crippen LogP contribution in [0.4, 0.5) is 0 Å². The van der Waals surface area contributed by atoms with Gasteiger partial charge in [-0.2, -0.15) is 4.31 Å². The van der Waals surface area contributed by atoms with Crippen LogP contribution in [-0.2, 0) is 10.0 Å². The quantitative estimate of drug-likeness (QED) is 0.883. The van der Waals surface area contributed by atoms with Crippen LogP contribution in [0.5, 0.6) is 0 Å². The first kappa shape index (κ1) is 18.0. The molecule has 4 nitrogen and oxygen atoms in total. The van der Waals surface area contributed by atoms with Gasteiger partial charge >= 0.3 is 0 Å². The number of hydrogen-bond donors (Lipinski definition) is 1. The summed E-state index contributed by atoms with van der Waals surface area (Å²) in [6, 6.07) is 4.43. The first-order valence-electron chi connectivity index (χ1n) is 6.04. The fraction of sp³-hybridized carbons (Fsp3) is 0.500. The molecule has 0 aliphatic carbocycles. The molecule has 1 aromatic rings. The van der Waals surface area contributed by atoms with Gasteiger partial charge in [-0.25, -0.2) is 8.42 Å². The molecule has 0 radical (unpaired) electrons. The lowest BCUT2D eigenvalue weighted by Gasteiger charge is -2.37. The monoisotopic (exact) mass is 358 g/mol. The highest BCUT2D eigenvalue weighted by atomic mass is 35.5. The van der Waals surface area contributed by atoms with E-state index in [0.717, 1.165) is 0 Å². The smallest absolute Gasteiger partial charge is 0.244 e. The Morgan fingerprint density at radius 2 is 1.95 bits per heavy atom. The maximum absolute atomic E-state index is 12.6. The van der Waals surface area contributed by atoms with E-state index in [1.165, 1.54) is 22.5 Å². The number of nitrogens with zero attached hydrogens (tertiary/aromatic N) is 1. The zero-order chi connectivity index (χ0) is 14.2. The van der Waals surface area contributed by atoms with E-state index in [0.29, 0.717) is 18.1 Å². The average molecular weight is 360 g/mol. The Labute approximate surface area is 135 Å². The van der Waals surface area contributed by atoms with Gasteiger partial charge in [-0.15, -0.1) is 12.4 Å². The third-order valence-electron chi connectivity index (χ3n) is 3.46. The molecule has 20 heavy (non-hydrogen) atoms. The summed E-state index contributed by atoms with van der Waals surface area (Å²) in [6.07, 6.45) is 0. The molecule has 1 aromatic carbocycles. The fourth-order valence-corrected chi connectivity index (χ4v) is 4.63. The lowest BCUT2D eigenvalue weighted by molar-refractivity contribution is 0.233. The number of sulfonamides is 1. The molecule has 8 heteroatoms. The van der Waals surface area contributed by atoms with Crippen molar-refractivity contribution in [2.24, 2.45) is 0 Å². The SMILES string of the molecule is CC1NCCN(S(=O)(=O)c2ccc(Cl)cc2Cl)C1C.Cl. The summed E-state index contributed by atoms with van der Waals surface area (Å²) < 4.78 is 26.8. The molecule has 1 aliphatic rings. The molecule has 1 N–H and O–H groups in total. The standard InChI is InChI=1S/C12H16Cl2N2O2S.ClH/c1-8-9(2)16(6-5-15-8)19(17,18)12-4-3-10(13)7-11(12)14;/h3-4,7-9,15H,5-6H2,1-2H3;1H. The van der Waals surface area contributed by atoms with Crippen LogP contribution in [0.3, 0.4) is 0 Å². The van der Waals surface area contributed by atoms with Crippen molar-refractivity contribution in [2.45, 2.75) is 30.8 Å². The van der Waals surface area contributed by atoms with Gasteiger partial charge in [-0.3, -0.25) is 0 Å². The highest BCUT2D eigenvalue weighted by Gasteiger charge is 2.35. The molecule has 114 valence electrons. The van der Waals surface area contributed by atoms with Gasteiger partial charge in [-0.1, -0.05) is 23.2 Å². The lowest BCUT2D eigenvalue weighted by atomic mass is 10.1. The van der Waals surface area contributed by atoms with Crippen molar-refractivity contribution in [1.29, 1.82) is 0 Å². The molecule has 0 spiro atoms. The van der Waals surface area contributed by atoms with Gasteiger partial charge in [0, 0.05) is 30.2 Å². The molecular formula is C12H17Cl3N2O2S. The van der Waals surface area contributed by atoms with E-state index < -0.39 is 10.0 Å². The van der Waals surface area contributed by atoms with Crippen LogP contribution in [0.2, 0.25) is 10.0 Å². The van der Waals surface area contributed by atoms with Gasteiger partial charge in [0.05, 0.1) is 5.02 Å². The Kier molecular flexibility index (Phi) is 6.14. The molecule has 1 fully saturated rings. The van der Waals surface area contributed by atoms with Crippen LogP contribution in [0.15, 0.2) is 23.1 Å². The largest absolute Gasteiger partial charge is 0.311 e. The summed E-state index contributed by atoms with van der Waals surface area (Å²) in [4.78, 5) is 0.111. The molecule has 0 saturated carbocycles. The van der Waals surface area contributed by atoms with E-state index >= 15 is 0 Å². The second-order valence-electron chi connectivity index (χ2n) is 4.67. The molecule has 2 unspecified atom stereocenters. The van der Waals surface area contributed by atoms with Crippen molar-refractivity contribution in [3.8, 4) is 0 Å². The molecule has 2 atom stereocenters. The molecule has 0 amide bonds. The molecule has 1 saturated heterocycles. The van der Waals surface area contributed by atoms with Crippen LogP contribution >= 0.6 is 35.6 Å². The first-order chi connectivity index (χ1) is 8.84. The Morgan fingerprint density at radius 1 is 1.30 bits per heavy atom. The van der Waals surface area contributed by atoms with E-state index in [1.54, 1.807) is 0 Å². The number of benzene rings is 1. The Morgan fingerprint density at radius 3 is 2.55 bits per heavy atom. The average Bonchev–Trinajstić information content (AvgIpc) is 2.31. The topological polar surface area (TPSA) is 49.4 Å². The second kappa shape index (κ2) is 6.81. The maximum atomic E-state index is 12.6. The van der Waals surface area contributed by atoms with Gasteiger partial charge < -0.3 is 5.32 Å². The van der Waals surface area contributed by atoms with Crippen LogP contribution in [-0.4, -0.2) is 37.9 Å². The third-order valence-corrected chi connectivity index (χ3v) is 6.16. The number of piperazine rings is 1. The molecule has 0 aromatic heterocycles. The molecular weight excluding hydrogens is 343 g/mol. The Balaban J connectivity index is 0.00000200. The van der Waals surface area contributed by atoms with Crippen LogP contribution in [0, 0.1) is 0 Å². The van der Waals surface area contributed by atoms with Crippen molar-refractivity contribution >= 4 is 45.6 Å². The van der Waals surface area contributed by atoms with Crippen LogP contribution < -0.4 is 5.32 Å². The predicted molar refractivity (Wildman–Crippen MR) is 84.5 cm³/mol. The van der Waals surface area contributed by atoms with Gasteiger partial charge in [-0.05, 0) is 32.0 Å². The van der Waals surface area contributed by atoms with E-state index in [4.69, 9.17) is 23.2 Å². The summed E-state index contributed by atoms with van der Waals surface area (Å²) in [6.45, 7) is 4.93. The van der Waals surface area contributed by atoms with E-state index in [-0.39, 0.29) is 34.4 Å². The molecule has 2 rings (SSSR count). The normalized spacial score (nSPS) is 24.2. The van der Waals surface area contributed by atoms with Gasteiger partial charge in [0.25, 0.3) is 0 Å². The summed E-state index contributed by atoms with van der Waals surface area (Å²) in [5.74, 6) is 0. The van der Waals surface area contributed by atoms with Crippen molar-refractivity contribution in [2.75, 3.05) is 13.1 Å². The van der Waals surface area contributed by atoms with Crippen molar-refractivity contribution in [3.63, 3.8) is 0 Å². The number of nitrogens with one attached hydrogen (secondary N) is 1. The maximum Gasteiger partial charge on any atom is 0.244 e. The highest BCUT2D eigenvalue weighted by Crippen LogP contribution is 2.29. The van der Waals surface area contributed by atoms with Gasteiger partial charge in [0.1, 0.15) is 4.90 Å². The second-order valence-corrected chi connectivity index (χ2v) is 7.38. The molecule has 0 bridgehead atoms. The Bertz CT molecular complexity index is 580. The van der Waals surface area contributed by atoms with Crippen molar-refractivity contribution in [1.82, 2.24) is 9.62 Å². The van der Waals surface area contributed by atoms with Crippen LogP contribution in [0.1, 0.15) is 13.8 Å². The minimum atomic E-state index is -3.59. The van der Waals surface area contributed by atoms with Crippen molar-refractivity contribution in [3.05, 3.63) is 28.2 Å². The highest BCUT2D eigenvalue weighted by molar-refractivity contribution is 7.89. The van der Waals surface area contributed by atoms with E-state index in [9.17, 15) is 8.42 Å². The zero-order valence-electron chi connectivity index (χ0n) is 11.1. The third kappa shape index (κ3) is 3.40. The Hall–Kier alpha value is -0.0400. The summed E-state index contributed by atoms with van der Waals surface area (Å²) >= 11 is 11.8. The fourth-order valence-electron chi connectivity index (χ4n) is 2.18. The molecule has 1 heterocycles. The number of rotatable bonds is 2. The van der Waals surface area contributed by atoms with Gasteiger partial charge in [0.2, 0.25) is 10.0 Å². The lowest BCUT2D eigenvalue weighted by Crippen LogP contribution is -2.57. The van der Waals surface area contributed by atoms with E-state index in [1.807, 2.05) is 13.8 Å². The van der Waals surface area contributed by atoms with Crippen LogP contribution in [0.25, 0.3) is 0 Å². The summed E-state index contributed by atoms with van der Waals surface area (Å²) in [5, 5.41) is 3.83. The van der Waals surface area contributed by atoms with Gasteiger partial charge in [0.15, 0.2) is 0 Å². The van der Waals surface area contributed by atoms with E-state index in [2.05, 4.69) is 5.32 Å². The summed E-state index contributed by atoms with van der Waals surface area (Å²) in [5.41, 5.74) is 0. The summed E-state index contributed by atoms with van der Waals surface area (Å²) in [7, 11) is -3.59. The zero-order valence-corrected chi connectivity index (χ0v) is 14.3.